The van der Waals surface area contributed by atoms with E-state index < -0.39 is 0 Å². The van der Waals surface area contributed by atoms with Crippen molar-refractivity contribution in [2.75, 3.05) is 37.8 Å². The fourth-order valence-electron chi connectivity index (χ4n) is 2.19. The fraction of sp³-hybridized carbons (Fsp3) is 0.667. The monoisotopic (exact) mass is 286 g/mol. The molecule has 0 bridgehead atoms. The van der Waals surface area contributed by atoms with Gasteiger partial charge in [0.15, 0.2) is 5.16 Å². The molecular weight excluding hydrogens is 268 g/mol. The standard InChI is InChI=1S/C12H19ClN4S/c1-3-17-5-4-9(8-17)7-14-11-6-10(13)15-12(16-11)18-2/h6,9H,3-5,7-8H2,1-2H3,(H,14,15,16). The summed E-state index contributed by atoms with van der Waals surface area (Å²) in [7, 11) is 0. The van der Waals surface area contributed by atoms with Gasteiger partial charge >= 0.3 is 0 Å². The number of thioether (sulfide) groups is 1. The molecule has 1 atom stereocenters. The highest BCUT2D eigenvalue weighted by atomic mass is 35.5. The van der Waals surface area contributed by atoms with E-state index in [1.54, 1.807) is 6.07 Å². The first-order valence-corrected chi connectivity index (χ1v) is 7.86. The number of nitrogens with zero attached hydrogens (tertiary/aromatic N) is 3. The first-order chi connectivity index (χ1) is 8.71. The molecular formula is C12H19ClN4S. The fourth-order valence-corrected chi connectivity index (χ4v) is 2.81. The highest BCUT2D eigenvalue weighted by molar-refractivity contribution is 7.98. The van der Waals surface area contributed by atoms with Crippen molar-refractivity contribution in [3.8, 4) is 0 Å². The number of aromatic nitrogens is 2. The number of rotatable bonds is 5. The second-order valence-electron chi connectivity index (χ2n) is 4.49. The highest BCUT2D eigenvalue weighted by Gasteiger charge is 2.20. The van der Waals surface area contributed by atoms with E-state index in [2.05, 4.69) is 27.1 Å². The number of hydrogen-bond acceptors (Lipinski definition) is 5. The van der Waals surface area contributed by atoms with E-state index in [9.17, 15) is 0 Å². The molecule has 0 aliphatic carbocycles. The van der Waals surface area contributed by atoms with Gasteiger partial charge in [0, 0.05) is 19.2 Å². The zero-order valence-electron chi connectivity index (χ0n) is 10.8. The van der Waals surface area contributed by atoms with Gasteiger partial charge in [-0.3, -0.25) is 0 Å². The third kappa shape index (κ3) is 3.73. The lowest BCUT2D eigenvalue weighted by atomic mass is 10.1. The molecule has 4 nitrogen and oxygen atoms in total. The van der Waals surface area contributed by atoms with Crippen molar-refractivity contribution < 1.29 is 0 Å². The Morgan fingerprint density at radius 2 is 2.39 bits per heavy atom. The molecule has 0 aromatic carbocycles. The summed E-state index contributed by atoms with van der Waals surface area (Å²) in [5, 5.41) is 4.58. The number of halogens is 1. The van der Waals surface area contributed by atoms with Crippen molar-refractivity contribution in [2.45, 2.75) is 18.5 Å². The normalized spacial score (nSPS) is 20.3. The van der Waals surface area contributed by atoms with Gasteiger partial charge in [0.25, 0.3) is 0 Å². The van der Waals surface area contributed by atoms with Crippen molar-refractivity contribution in [3.63, 3.8) is 0 Å². The van der Waals surface area contributed by atoms with Gasteiger partial charge in [-0.05, 0) is 31.7 Å². The summed E-state index contributed by atoms with van der Waals surface area (Å²) < 4.78 is 0. The van der Waals surface area contributed by atoms with E-state index in [0.717, 1.165) is 18.9 Å². The Bertz CT molecular complexity index is 402. The predicted octanol–water partition coefficient (Wildman–Crippen LogP) is 2.61. The minimum absolute atomic E-state index is 0.499. The van der Waals surface area contributed by atoms with E-state index in [1.165, 1.54) is 31.3 Å². The molecule has 2 heterocycles. The Hall–Kier alpha value is -0.520. The Labute approximate surface area is 118 Å². The van der Waals surface area contributed by atoms with Gasteiger partial charge in [0.2, 0.25) is 0 Å². The van der Waals surface area contributed by atoms with Gasteiger partial charge in [-0.15, -0.1) is 0 Å². The van der Waals surface area contributed by atoms with Gasteiger partial charge < -0.3 is 10.2 Å². The first kappa shape index (κ1) is 13.9. The van der Waals surface area contributed by atoms with Crippen molar-refractivity contribution >= 4 is 29.2 Å². The van der Waals surface area contributed by atoms with Crippen LogP contribution in [0.4, 0.5) is 5.82 Å². The molecule has 2 rings (SSSR count). The number of anilines is 1. The van der Waals surface area contributed by atoms with Crippen LogP contribution in [0.2, 0.25) is 5.15 Å². The van der Waals surface area contributed by atoms with Gasteiger partial charge in [0.1, 0.15) is 11.0 Å². The number of hydrogen-bond donors (Lipinski definition) is 1. The summed E-state index contributed by atoms with van der Waals surface area (Å²) >= 11 is 7.46. The molecule has 0 radical (unpaired) electrons. The predicted molar refractivity (Wildman–Crippen MR) is 77.5 cm³/mol. The van der Waals surface area contributed by atoms with Crippen molar-refractivity contribution in [2.24, 2.45) is 5.92 Å². The largest absolute Gasteiger partial charge is 0.370 e. The average Bonchev–Trinajstić information content (AvgIpc) is 2.83. The van der Waals surface area contributed by atoms with E-state index in [4.69, 9.17) is 11.6 Å². The third-order valence-electron chi connectivity index (χ3n) is 3.25. The molecule has 6 heteroatoms. The molecule has 0 spiro atoms. The van der Waals surface area contributed by atoms with Crippen LogP contribution in [-0.2, 0) is 0 Å². The summed E-state index contributed by atoms with van der Waals surface area (Å²) in [6.45, 7) is 6.70. The second-order valence-corrected chi connectivity index (χ2v) is 5.65. The minimum Gasteiger partial charge on any atom is -0.370 e. The summed E-state index contributed by atoms with van der Waals surface area (Å²) in [4.78, 5) is 11.0. The van der Waals surface area contributed by atoms with Gasteiger partial charge in [-0.1, -0.05) is 30.3 Å². The minimum atomic E-state index is 0.499. The van der Waals surface area contributed by atoms with Crippen LogP contribution in [-0.4, -0.2) is 47.3 Å². The van der Waals surface area contributed by atoms with E-state index >= 15 is 0 Å². The van der Waals surface area contributed by atoms with Crippen LogP contribution in [0.15, 0.2) is 11.2 Å². The molecule has 0 saturated carbocycles. The van der Waals surface area contributed by atoms with Gasteiger partial charge in [-0.25, -0.2) is 9.97 Å². The van der Waals surface area contributed by atoms with Gasteiger partial charge in [0.05, 0.1) is 0 Å². The van der Waals surface area contributed by atoms with Crippen LogP contribution >= 0.6 is 23.4 Å². The second kappa shape index (κ2) is 6.59. The van der Waals surface area contributed by atoms with Crippen LogP contribution in [0, 0.1) is 5.92 Å². The lowest BCUT2D eigenvalue weighted by Gasteiger charge is -2.14. The molecule has 1 N–H and O–H groups in total. The maximum atomic E-state index is 5.96. The Morgan fingerprint density at radius 3 is 3.06 bits per heavy atom. The molecule has 1 aromatic rings. The van der Waals surface area contributed by atoms with E-state index in [-0.39, 0.29) is 0 Å². The van der Waals surface area contributed by atoms with E-state index in [0.29, 0.717) is 16.2 Å². The van der Waals surface area contributed by atoms with Crippen LogP contribution in [0.5, 0.6) is 0 Å². The molecule has 100 valence electrons. The highest BCUT2D eigenvalue weighted by Crippen LogP contribution is 2.19. The van der Waals surface area contributed by atoms with Crippen molar-refractivity contribution in [1.82, 2.24) is 14.9 Å². The molecule has 1 aromatic heterocycles. The molecule has 1 fully saturated rings. The van der Waals surface area contributed by atoms with Crippen LogP contribution in [0.3, 0.4) is 0 Å². The molecule has 0 amide bonds. The molecule has 1 saturated heterocycles. The molecule has 18 heavy (non-hydrogen) atoms. The number of likely N-dealkylation sites (tertiary alicyclic amines) is 1. The SMILES string of the molecule is CCN1CCC(CNc2cc(Cl)nc(SC)n2)C1. The maximum Gasteiger partial charge on any atom is 0.190 e. The Balaban J connectivity index is 1.88. The van der Waals surface area contributed by atoms with Gasteiger partial charge in [-0.2, -0.15) is 0 Å². The Morgan fingerprint density at radius 1 is 1.56 bits per heavy atom. The quantitative estimate of drug-likeness (QED) is 0.512. The summed E-state index contributed by atoms with van der Waals surface area (Å²) in [5.74, 6) is 1.53. The molecule has 1 unspecified atom stereocenters. The van der Waals surface area contributed by atoms with Crippen molar-refractivity contribution in [3.05, 3.63) is 11.2 Å². The van der Waals surface area contributed by atoms with Crippen molar-refractivity contribution in [1.29, 1.82) is 0 Å². The zero-order chi connectivity index (χ0) is 13.0. The molecule has 1 aliphatic rings. The van der Waals surface area contributed by atoms with Crippen LogP contribution < -0.4 is 5.32 Å². The van der Waals surface area contributed by atoms with Crippen LogP contribution in [0.1, 0.15) is 13.3 Å². The van der Waals surface area contributed by atoms with E-state index in [1.807, 2.05) is 6.26 Å². The maximum absolute atomic E-state index is 5.96. The first-order valence-electron chi connectivity index (χ1n) is 6.26. The third-order valence-corrected chi connectivity index (χ3v) is 3.99. The average molecular weight is 287 g/mol. The summed E-state index contributed by atoms with van der Waals surface area (Å²) in [5.41, 5.74) is 0. The number of nitrogens with one attached hydrogen (secondary N) is 1. The Kier molecular flexibility index (Phi) is 5.09. The zero-order valence-corrected chi connectivity index (χ0v) is 12.4. The van der Waals surface area contributed by atoms with Crippen LogP contribution in [0.25, 0.3) is 0 Å². The summed E-state index contributed by atoms with van der Waals surface area (Å²) in [6.07, 6.45) is 3.21. The topological polar surface area (TPSA) is 41.0 Å². The lowest BCUT2D eigenvalue weighted by Crippen LogP contribution is -2.22. The smallest absolute Gasteiger partial charge is 0.190 e. The lowest BCUT2D eigenvalue weighted by molar-refractivity contribution is 0.345. The molecule has 1 aliphatic heterocycles. The summed E-state index contributed by atoms with van der Waals surface area (Å²) in [6, 6.07) is 1.79.